The minimum absolute atomic E-state index is 0.0541. The Kier molecular flexibility index (Phi) is 2.79. The number of nitrogens with zero attached hydrogens (tertiary/aromatic N) is 2. The molecule has 2 heterocycles. The summed E-state index contributed by atoms with van der Waals surface area (Å²) >= 11 is 1.45. The van der Waals surface area contributed by atoms with Crippen LogP contribution < -0.4 is 5.73 Å². The van der Waals surface area contributed by atoms with Gasteiger partial charge in [-0.2, -0.15) is 0 Å². The Morgan fingerprint density at radius 1 is 1.57 bits per heavy atom. The topological polar surface area (TPSA) is 59.2 Å². The minimum atomic E-state index is 0.0541. The van der Waals surface area contributed by atoms with Crippen molar-refractivity contribution in [2.45, 2.75) is 19.4 Å². The van der Waals surface area contributed by atoms with E-state index in [0.717, 1.165) is 30.9 Å². The summed E-state index contributed by atoms with van der Waals surface area (Å²) in [7, 11) is 0. The van der Waals surface area contributed by atoms with Gasteiger partial charge in [-0.05, 0) is 12.8 Å². The summed E-state index contributed by atoms with van der Waals surface area (Å²) in [5.74, 6) is 0.0541. The lowest BCUT2D eigenvalue weighted by atomic mass is 10.4. The van der Waals surface area contributed by atoms with Gasteiger partial charge in [0.15, 0.2) is 0 Å². The highest BCUT2D eigenvalue weighted by molar-refractivity contribution is 7.09. The third-order valence-electron chi connectivity index (χ3n) is 2.34. The standard InChI is InChI=1S/C9H13N3OS/c10-5-8-11-7(6-14-8)9(13)12-3-1-2-4-12/h6H,1-5,10H2. The molecule has 0 aromatic carbocycles. The van der Waals surface area contributed by atoms with Gasteiger partial charge >= 0.3 is 0 Å². The van der Waals surface area contributed by atoms with E-state index in [9.17, 15) is 4.79 Å². The van der Waals surface area contributed by atoms with Gasteiger partial charge in [0.25, 0.3) is 5.91 Å². The molecule has 1 aromatic rings. The van der Waals surface area contributed by atoms with Crippen LogP contribution in [0.25, 0.3) is 0 Å². The van der Waals surface area contributed by atoms with Gasteiger partial charge in [0.05, 0.1) is 0 Å². The van der Waals surface area contributed by atoms with Gasteiger partial charge in [-0.1, -0.05) is 0 Å². The fourth-order valence-electron chi connectivity index (χ4n) is 1.59. The van der Waals surface area contributed by atoms with E-state index in [4.69, 9.17) is 5.73 Å². The van der Waals surface area contributed by atoms with Crippen LogP contribution in [0.4, 0.5) is 0 Å². The van der Waals surface area contributed by atoms with Crippen LogP contribution in [-0.4, -0.2) is 28.9 Å². The van der Waals surface area contributed by atoms with Crippen LogP contribution in [0.5, 0.6) is 0 Å². The van der Waals surface area contributed by atoms with E-state index < -0.39 is 0 Å². The molecular formula is C9H13N3OS. The molecule has 2 rings (SSSR count). The molecule has 0 radical (unpaired) electrons. The van der Waals surface area contributed by atoms with Crippen LogP contribution in [0.15, 0.2) is 5.38 Å². The summed E-state index contributed by atoms with van der Waals surface area (Å²) in [6.07, 6.45) is 2.22. The van der Waals surface area contributed by atoms with Crippen molar-refractivity contribution in [1.82, 2.24) is 9.88 Å². The molecule has 1 fully saturated rings. The first-order valence-electron chi connectivity index (χ1n) is 4.75. The molecule has 0 saturated carbocycles. The van der Waals surface area contributed by atoms with Crippen LogP contribution in [0, 0.1) is 0 Å². The molecule has 14 heavy (non-hydrogen) atoms. The summed E-state index contributed by atoms with van der Waals surface area (Å²) in [6, 6.07) is 0. The number of hydrogen-bond acceptors (Lipinski definition) is 4. The fraction of sp³-hybridized carbons (Fsp3) is 0.556. The zero-order chi connectivity index (χ0) is 9.97. The first-order valence-corrected chi connectivity index (χ1v) is 5.63. The highest BCUT2D eigenvalue weighted by Gasteiger charge is 2.21. The van der Waals surface area contributed by atoms with Gasteiger partial charge in [-0.15, -0.1) is 11.3 Å². The van der Waals surface area contributed by atoms with Crippen molar-refractivity contribution in [3.8, 4) is 0 Å². The number of carbonyl (C=O) groups excluding carboxylic acids is 1. The monoisotopic (exact) mass is 211 g/mol. The average molecular weight is 211 g/mol. The lowest BCUT2D eigenvalue weighted by Crippen LogP contribution is -2.27. The Bertz CT molecular complexity index is 331. The smallest absolute Gasteiger partial charge is 0.273 e. The van der Waals surface area contributed by atoms with E-state index in [1.807, 2.05) is 4.90 Å². The van der Waals surface area contributed by atoms with Crippen molar-refractivity contribution >= 4 is 17.2 Å². The van der Waals surface area contributed by atoms with Crippen molar-refractivity contribution in [3.05, 3.63) is 16.1 Å². The summed E-state index contributed by atoms with van der Waals surface area (Å²) < 4.78 is 0. The lowest BCUT2D eigenvalue weighted by Gasteiger charge is -2.12. The highest BCUT2D eigenvalue weighted by Crippen LogP contribution is 2.15. The van der Waals surface area contributed by atoms with E-state index in [0.29, 0.717) is 12.2 Å². The number of carbonyl (C=O) groups is 1. The third-order valence-corrected chi connectivity index (χ3v) is 3.21. The molecule has 4 nitrogen and oxygen atoms in total. The van der Waals surface area contributed by atoms with Crippen molar-refractivity contribution in [3.63, 3.8) is 0 Å². The largest absolute Gasteiger partial charge is 0.337 e. The van der Waals surface area contributed by atoms with Gasteiger partial charge in [0.2, 0.25) is 0 Å². The molecule has 1 saturated heterocycles. The number of amides is 1. The first kappa shape index (κ1) is 9.61. The van der Waals surface area contributed by atoms with Crippen LogP contribution in [0.2, 0.25) is 0 Å². The number of nitrogens with two attached hydrogens (primary N) is 1. The first-order chi connectivity index (χ1) is 6.81. The van der Waals surface area contributed by atoms with E-state index in [1.165, 1.54) is 11.3 Å². The van der Waals surface area contributed by atoms with Gasteiger partial charge < -0.3 is 10.6 Å². The normalized spacial score (nSPS) is 16.2. The summed E-state index contributed by atoms with van der Waals surface area (Å²) in [6.45, 7) is 2.15. The predicted molar refractivity (Wildman–Crippen MR) is 55.1 cm³/mol. The van der Waals surface area contributed by atoms with Crippen molar-refractivity contribution in [2.24, 2.45) is 5.73 Å². The summed E-state index contributed by atoms with van der Waals surface area (Å²) in [4.78, 5) is 17.8. The summed E-state index contributed by atoms with van der Waals surface area (Å²) in [5, 5.41) is 2.62. The number of rotatable bonds is 2. The maximum Gasteiger partial charge on any atom is 0.273 e. The maximum absolute atomic E-state index is 11.8. The Hall–Kier alpha value is -0.940. The van der Waals surface area contributed by atoms with Crippen molar-refractivity contribution < 1.29 is 4.79 Å². The number of hydrogen-bond donors (Lipinski definition) is 1. The van der Waals surface area contributed by atoms with Gasteiger partial charge in [0.1, 0.15) is 10.7 Å². The Balaban J connectivity index is 2.09. The quantitative estimate of drug-likeness (QED) is 0.788. The molecule has 0 aliphatic carbocycles. The molecule has 76 valence electrons. The molecule has 5 heteroatoms. The van der Waals surface area contributed by atoms with Gasteiger partial charge in [0, 0.05) is 25.0 Å². The van der Waals surface area contributed by atoms with Crippen LogP contribution >= 0.6 is 11.3 Å². The zero-order valence-electron chi connectivity index (χ0n) is 7.90. The molecule has 1 aliphatic heterocycles. The molecule has 0 unspecified atom stereocenters. The summed E-state index contributed by atoms with van der Waals surface area (Å²) in [5.41, 5.74) is 5.99. The molecular weight excluding hydrogens is 198 g/mol. The molecule has 1 amide bonds. The SMILES string of the molecule is NCc1nc(C(=O)N2CCCC2)cs1. The third kappa shape index (κ3) is 1.78. The van der Waals surface area contributed by atoms with Crippen molar-refractivity contribution in [2.75, 3.05) is 13.1 Å². The Labute approximate surface area is 86.7 Å². The fourth-order valence-corrected chi connectivity index (χ4v) is 2.23. The van der Waals surface area contributed by atoms with Crippen LogP contribution in [0.3, 0.4) is 0 Å². The van der Waals surface area contributed by atoms with Gasteiger partial charge in [-0.3, -0.25) is 4.79 Å². The Morgan fingerprint density at radius 3 is 2.86 bits per heavy atom. The zero-order valence-corrected chi connectivity index (χ0v) is 8.72. The molecule has 1 aliphatic rings. The lowest BCUT2D eigenvalue weighted by molar-refractivity contribution is 0.0787. The number of likely N-dealkylation sites (tertiary alicyclic amines) is 1. The molecule has 0 bridgehead atoms. The molecule has 0 spiro atoms. The average Bonchev–Trinajstić information content (AvgIpc) is 2.88. The van der Waals surface area contributed by atoms with E-state index in [1.54, 1.807) is 5.38 Å². The van der Waals surface area contributed by atoms with E-state index in [-0.39, 0.29) is 5.91 Å². The highest BCUT2D eigenvalue weighted by atomic mass is 32.1. The maximum atomic E-state index is 11.8. The van der Waals surface area contributed by atoms with Crippen LogP contribution in [0.1, 0.15) is 28.3 Å². The number of aromatic nitrogens is 1. The van der Waals surface area contributed by atoms with Gasteiger partial charge in [-0.25, -0.2) is 4.98 Å². The second kappa shape index (κ2) is 4.06. The second-order valence-electron chi connectivity index (χ2n) is 3.33. The molecule has 1 aromatic heterocycles. The molecule has 0 atom stereocenters. The second-order valence-corrected chi connectivity index (χ2v) is 4.27. The van der Waals surface area contributed by atoms with Crippen molar-refractivity contribution in [1.29, 1.82) is 0 Å². The van der Waals surface area contributed by atoms with Crippen LogP contribution in [-0.2, 0) is 6.54 Å². The Morgan fingerprint density at radius 2 is 2.29 bits per heavy atom. The predicted octanol–water partition coefficient (Wildman–Crippen LogP) is 0.838. The number of thiazole rings is 1. The van der Waals surface area contributed by atoms with E-state index in [2.05, 4.69) is 4.98 Å². The van der Waals surface area contributed by atoms with E-state index >= 15 is 0 Å². The minimum Gasteiger partial charge on any atom is -0.337 e. The molecule has 2 N–H and O–H groups in total.